The predicted octanol–water partition coefficient (Wildman–Crippen LogP) is 1.91. The third-order valence-corrected chi connectivity index (χ3v) is 3.16. The van der Waals surface area contributed by atoms with Gasteiger partial charge in [0.25, 0.3) is 0 Å². The smallest absolute Gasteiger partial charge is 0.341 e. The first kappa shape index (κ1) is 13.9. The fourth-order valence-corrected chi connectivity index (χ4v) is 2.08. The Hall–Kier alpha value is -2.50. The summed E-state index contributed by atoms with van der Waals surface area (Å²) in [4.78, 5) is 23.2. The molecule has 0 unspecified atom stereocenters. The van der Waals surface area contributed by atoms with Gasteiger partial charge in [-0.2, -0.15) is 0 Å². The monoisotopic (exact) mass is 277 g/mol. The number of carbonyl (C=O) groups is 1. The average Bonchev–Trinajstić information content (AvgIpc) is 2.40. The first-order valence-electron chi connectivity index (χ1n) is 6.28. The van der Waals surface area contributed by atoms with E-state index in [9.17, 15) is 19.8 Å². The highest BCUT2D eigenvalue weighted by atomic mass is 16.4. The van der Waals surface area contributed by atoms with Crippen LogP contribution in [0.2, 0.25) is 0 Å². The molecule has 106 valence electrons. The third kappa shape index (κ3) is 2.32. The van der Waals surface area contributed by atoms with E-state index >= 15 is 0 Å². The quantitative estimate of drug-likeness (QED) is 0.741. The number of nitrogens with zero attached hydrogens (tertiary/aromatic N) is 1. The molecule has 0 spiro atoms. The fourth-order valence-electron chi connectivity index (χ4n) is 2.08. The van der Waals surface area contributed by atoms with Crippen molar-refractivity contribution in [1.29, 1.82) is 0 Å². The summed E-state index contributed by atoms with van der Waals surface area (Å²) in [6.45, 7) is 2.52. The highest BCUT2D eigenvalue weighted by Gasteiger charge is 2.16. The number of hydrogen-bond acceptors (Lipinski definition) is 4. The van der Waals surface area contributed by atoms with Gasteiger partial charge in [-0.1, -0.05) is 13.3 Å². The summed E-state index contributed by atoms with van der Waals surface area (Å²) in [5, 5.41) is 28.2. The van der Waals surface area contributed by atoms with Crippen molar-refractivity contribution in [1.82, 2.24) is 4.57 Å². The van der Waals surface area contributed by atoms with Gasteiger partial charge in [0, 0.05) is 18.8 Å². The number of benzene rings is 1. The molecule has 1 aromatic carbocycles. The van der Waals surface area contributed by atoms with Crippen LogP contribution in [0.3, 0.4) is 0 Å². The lowest BCUT2D eigenvalue weighted by atomic mass is 10.1. The van der Waals surface area contributed by atoms with Crippen LogP contribution in [-0.2, 0) is 6.54 Å². The SMILES string of the molecule is CCCCn1cc(C(=O)O)c(=O)c2cc(O)c(O)cc21. The number of rotatable bonds is 4. The molecule has 6 heteroatoms. The van der Waals surface area contributed by atoms with Gasteiger partial charge in [-0.25, -0.2) is 4.79 Å². The van der Waals surface area contributed by atoms with E-state index in [1.807, 2.05) is 6.92 Å². The van der Waals surface area contributed by atoms with Crippen LogP contribution in [0.15, 0.2) is 23.1 Å². The van der Waals surface area contributed by atoms with Gasteiger partial charge < -0.3 is 19.9 Å². The Bertz CT molecular complexity index is 732. The number of unbranched alkanes of at least 4 members (excludes halogenated alkanes) is 1. The first-order valence-corrected chi connectivity index (χ1v) is 6.28. The maximum absolute atomic E-state index is 12.1. The number of hydrogen-bond donors (Lipinski definition) is 3. The molecule has 2 rings (SSSR count). The largest absolute Gasteiger partial charge is 0.504 e. The summed E-state index contributed by atoms with van der Waals surface area (Å²) >= 11 is 0. The van der Waals surface area contributed by atoms with Crippen LogP contribution < -0.4 is 5.43 Å². The Morgan fingerprint density at radius 3 is 2.50 bits per heavy atom. The Labute approximate surface area is 114 Å². The number of aryl methyl sites for hydroxylation is 1. The number of phenols is 2. The number of pyridine rings is 1. The van der Waals surface area contributed by atoms with Crippen molar-refractivity contribution in [3.8, 4) is 11.5 Å². The molecule has 0 atom stereocenters. The normalized spacial score (nSPS) is 10.8. The van der Waals surface area contributed by atoms with Crippen LogP contribution in [0, 0.1) is 0 Å². The lowest BCUT2D eigenvalue weighted by molar-refractivity contribution is 0.0695. The van der Waals surface area contributed by atoms with Crippen molar-refractivity contribution in [2.45, 2.75) is 26.3 Å². The molecule has 0 aliphatic rings. The number of aromatic nitrogens is 1. The maximum Gasteiger partial charge on any atom is 0.341 e. The Morgan fingerprint density at radius 2 is 1.90 bits per heavy atom. The zero-order valence-corrected chi connectivity index (χ0v) is 11.0. The van der Waals surface area contributed by atoms with E-state index in [0.717, 1.165) is 18.9 Å². The van der Waals surface area contributed by atoms with Crippen LogP contribution in [0.1, 0.15) is 30.1 Å². The molecule has 0 amide bonds. The molecule has 0 saturated carbocycles. The molecule has 0 radical (unpaired) electrons. The number of phenolic OH excluding ortho intramolecular Hbond substituents is 2. The van der Waals surface area contributed by atoms with Crippen molar-refractivity contribution < 1.29 is 20.1 Å². The zero-order chi connectivity index (χ0) is 14.9. The van der Waals surface area contributed by atoms with Crippen molar-refractivity contribution in [2.75, 3.05) is 0 Å². The lowest BCUT2D eigenvalue weighted by Crippen LogP contribution is -2.19. The molecule has 1 aromatic heterocycles. The second-order valence-corrected chi connectivity index (χ2v) is 4.58. The summed E-state index contributed by atoms with van der Waals surface area (Å²) < 4.78 is 1.61. The Morgan fingerprint density at radius 1 is 1.25 bits per heavy atom. The molecule has 0 aliphatic heterocycles. The van der Waals surface area contributed by atoms with Crippen LogP contribution in [0.4, 0.5) is 0 Å². The zero-order valence-electron chi connectivity index (χ0n) is 11.0. The van der Waals surface area contributed by atoms with Gasteiger partial charge in [0.05, 0.1) is 10.9 Å². The van der Waals surface area contributed by atoms with Gasteiger partial charge in [0.1, 0.15) is 5.56 Å². The van der Waals surface area contributed by atoms with E-state index in [1.54, 1.807) is 4.57 Å². The summed E-state index contributed by atoms with van der Waals surface area (Å²) in [6.07, 6.45) is 2.98. The summed E-state index contributed by atoms with van der Waals surface area (Å²) in [5.74, 6) is -2.10. The molecule has 6 nitrogen and oxygen atoms in total. The molecule has 20 heavy (non-hydrogen) atoms. The highest BCUT2D eigenvalue weighted by Crippen LogP contribution is 2.29. The van der Waals surface area contributed by atoms with Crippen molar-refractivity contribution in [3.05, 3.63) is 34.1 Å². The third-order valence-electron chi connectivity index (χ3n) is 3.16. The Balaban J connectivity index is 2.81. The number of carboxylic acid groups (broad SMARTS) is 1. The highest BCUT2D eigenvalue weighted by molar-refractivity contribution is 5.93. The minimum absolute atomic E-state index is 0.0799. The van der Waals surface area contributed by atoms with Gasteiger partial charge in [0.2, 0.25) is 5.43 Å². The Kier molecular flexibility index (Phi) is 3.65. The van der Waals surface area contributed by atoms with Gasteiger partial charge >= 0.3 is 5.97 Å². The van der Waals surface area contributed by atoms with Crippen molar-refractivity contribution >= 4 is 16.9 Å². The molecule has 0 bridgehead atoms. The van der Waals surface area contributed by atoms with E-state index < -0.39 is 17.1 Å². The average molecular weight is 277 g/mol. The minimum Gasteiger partial charge on any atom is -0.504 e. The second kappa shape index (κ2) is 5.24. The van der Waals surface area contributed by atoms with E-state index in [4.69, 9.17) is 5.11 Å². The molecular formula is C14H15NO5. The minimum atomic E-state index is -1.31. The maximum atomic E-state index is 12.1. The van der Waals surface area contributed by atoms with Crippen molar-refractivity contribution in [3.63, 3.8) is 0 Å². The number of carboxylic acids is 1. The van der Waals surface area contributed by atoms with Gasteiger partial charge in [0.15, 0.2) is 11.5 Å². The molecule has 0 aliphatic carbocycles. The molecule has 0 fully saturated rings. The summed E-state index contributed by atoms with van der Waals surface area (Å²) in [7, 11) is 0. The topological polar surface area (TPSA) is 99.8 Å². The lowest BCUT2D eigenvalue weighted by Gasteiger charge is -2.12. The van der Waals surface area contributed by atoms with Gasteiger partial charge in [-0.3, -0.25) is 4.79 Å². The van der Waals surface area contributed by atoms with Gasteiger partial charge in [-0.05, 0) is 12.5 Å². The molecule has 2 aromatic rings. The summed E-state index contributed by atoms with van der Waals surface area (Å²) in [5.41, 5.74) is -0.613. The van der Waals surface area contributed by atoms with Crippen molar-refractivity contribution in [2.24, 2.45) is 0 Å². The van der Waals surface area contributed by atoms with Gasteiger partial charge in [-0.15, -0.1) is 0 Å². The van der Waals surface area contributed by atoms with E-state index in [2.05, 4.69) is 0 Å². The standard InChI is InChI=1S/C14H15NO5/c1-2-3-4-15-7-9(14(19)20)13(18)8-5-11(16)12(17)6-10(8)15/h5-7,16-17H,2-4H2,1H3,(H,19,20). The summed E-state index contributed by atoms with van der Waals surface area (Å²) in [6, 6.07) is 2.37. The number of fused-ring (bicyclic) bond motifs is 1. The van der Waals surface area contributed by atoms with Crippen LogP contribution in [0.5, 0.6) is 11.5 Å². The van der Waals surface area contributed by atoms with Crippen LogP contribution in [0.25, 0.3) is 10.9 Å². The molecule has 3 N–H and O–H groups in total. The molecule has 0 saturated heterocycles. The van der Waals surface area contributed by atoms with Crippen LogP contribution >= 0.6 is 0 Å². The van der Waals surface area contributed by atoms with E-state index in [1.165, 1.54) is 12.3 Å². The van der Waals surface area contributed by atoms with Crippen LogP contribution in [-0.4, -0.2) is 25.9 Å². The van der Waals surface area contributed by atoms with E-state index in [0.29, 0.717) is 12.1 Å². The number of aromatic carboxylic acids is 1. The van der Waals surface area contributed by atoms with E-state index in [-0.39, 0.29) is 16.7 Å². The molecule has 1 heterocycles. The first-order chi connectivity index (χ1) is 9.45. The number of aromatic hydroxyl groups is 2. The molecular weight excluding hydrogens is 262 g/mol. The second-order valence-electron chi connectivity index (χ2n) is 4.58. The fraction of sp³-hybridized carbons (Fsp3) is 0.286. The predicted molar refractivity (Wildman–Crippen MR) is 73.4 cm³/mol.